The number of rotatable bonds is 5. The molecular weight excluding hydrogens is 303 g/mol. The van der Waals surface area contributed by atoms with Gasteiger partial charge >= 0.3 is 0 Å². The summed E-state index contributed by atoms with van der Waals surface area (Å²) in [4.78, 5) is 12.2. The van der Waals surface area contributed by atoms with E-state index in [4.69, 9.17) is 0 Å². The molecule has 3 aromatic carbocycles. The van der Waals surface area contributed by atoms with Crippen LogP contribution in [0.5, 0.6) is 0 Å². The average Bonchev–Trinajstić information content (AvgIpc) is 2.62. The summed E-state index contributed by atoms with van der Waals surface area (Å²) < 4.78 is 12.9. The van der Waals surface area contributed by atoms with Crippen LogP contribution in [0.25, 0.3) is 11.1 Å². The maximum Gasteiger partial charge on any atom is 0.243 e. The molecule has 2 N–H and O–H groups in total. The number of para-hydroxylation sites is 1. The van der Waals surface area contributed by atoms with E-state index in [2.05, 4.69) is 10.6 Å². The quantitative estimate of drug-likeness (QED) is 0.724. The minimum Gasteiger partial charge on any atom is -0.376 e. The Balaban J connectivity index is 1.67. The molecule has 0 aliphatic heterocycles. The first-order valence-corrected chi connectivity index (χ1v) is 7.66. The van der Waals surface area contributed by atoms with E-state index < -0.39 is 0 Å². The molecule has 0 unspecified atom stereocenters. The van der Waals surface area contributed by atoms with Gasteiger partial charge in [0.2, 0.25) is 5.91 Å². The van der Waals surface area contributed by atoms with Gasteiger partial charge in [0.15, 0.2) is 0 Å². The summed E-state index contributed by atoms with van der Waals surface area (Å²) in [6, 6.07) is 23.5. The molecule has 0 heterocycles. The molecule has 1 amide bonds. The number of carbonyl (C=O) groups is 1. The average molecular weight is 320 g/mol. The first-order chi connectivity index (χ1) is 11.7. The molecule has 0 radical (unpaired) electrons. The number of hydrogen-bond acceptors (Lipinski definition) is 2. The smallest absolute Gasteiger partial charge is 0.243 e. The van der Waals surface area contributed by atoms with Crippen molar-refractivity contribution in [2.24, 2.45) is 0 Å². The lowest BCUT2D eigenvalue weighted by atomic mass is 10.0. The van der Waals surface area contributed by atoms with Crippen LogP contribution in [0.1, 0.15) is 0 Å². The van der Waals surface area contributed by atoms with Crippen molar-refractivity contribution in [3.8, 4) is 11.1 Å². The second kappa shape index (κ2) is 7.42. The van der Waals surface area contributed by atoms with Gasteiger partial charge < -0.3 is 10.6 Å². The fourth-order valence-electron chi connectivity index (χ4n) is 2.41. The van der Waals surface area contributed by atoms with Gasteiger partial charge in [0.25, 0.3) is 0 Å². The van der Waals surface area contributed by atoms with E-state index in [9.17, 15) is 9.18 Å². The minimum atomic E-state index is -0.304. The first kappa shape index (κ1) is 15.7. The highest BCUT2D eigenvalue weighted by atomic mass is 19.1. The van der Waals surface area contributed by atoms with Crippen LogP contribution in [-0.4, -0.2) is 12.5 Å². The monoisotopic (exact) mass is 320 g/mol. The van der Waals surface area contributed by atoms with Crippen LogP contribution in [0.2, 0.25) is 0 Å². The third-order valence-corrected chi connectivity index (χ3v) is 3.58. The molecule has 3 aromatic rings. The van der Waals surface area contributed by atoms with Crippen molar-refractivity contribution in [1.29, 1.82) is 0 Å². The normalized spacial score (nSPS) is 10.2. The lowest BCUT2D eigenvalue weighted by molar-refractivity contribution is -0.114. The Labute approximate surface area is 140 Å². The third-order valence-electron chi connectivity index (χ3n) is 3.58. The highest BCUT2D eigenvalue weighted by Crippen LogP contribution is 2.27. The molecule has 0 aromatic heterocycles. The Morgan fingerprint density at radius 1 is 0.833 bits per heavy atom. The van der Waals surface area contributed by atoms with Gasteiger partial charge in [-0.1, -0.05) is 48.5 Å². The standard InChI is InChI=1S/C20H17FN2O/c21-16-10-12-17(13-11-16)22-14-20(24)23-19-9-5-4-8-18(19)15-6-2-1-3-7-15/h1-13,22H,14H2,(H,23,24). The number of amides is 1. The van der Waals surface area contributed by atoms with Gasteiger partial charge in [0.1, 0.15) is 5.82 Å². The van der Waals surface area contributed by atoms with Crippen molar-refractivity contribution in [3.05, 3.63) is 84.7 Å². The van der Waals surface area contributed by atoms with Crippen LogP contribution >= 0.6 is 0 Å². The predicted molar refractivity (Wildman–Crippen MR) is 95.4 cm³/mol. The molecule has 0 fully saturated rings. The SMILES string of the molecule is O=C(CNc1ccc(F)cc1)Nc1ccccc1-c1ccccc1. The van der Waals surface area contributed by atoms with Gasteiger partial charge in [-0.05, 0) is 35.9 Å². The van der Waals surface area contributed by atoms with Gasteiger partial charge in [-0.3, -0.25) is 4.79 Å². The Hall–Kier alpha value is -3.14. The number of anilines is 2. The number of carbonyl (C=O) groups excluding carboxylic acids is 1. The maximum atomic E-state index is 12.9. The molecule has 24 heavy (non-hydrogen) atoms. The Morgan fingerprint density at radius 3 is 2.25 bits per heavy atom. The third kappa shape index (κ3) is 3.98. The summed E-state index contributed by atoms with van der Waals surface area (Å²) in [5, 5.41) is 5.89. The first-order valence-electron chi connectivity index (χ1n) is 7.66. The largest absolute Gasteiger partial charge is 0.376 e. The summed E-state index contributed by atoms with van der Waals surface area (Å²) in [7, 11) is 0. The van der Waals surface area contributed by atoms with Crippen molar-refractivity contribution < 1.29 is 9.18 Å². The molecule has 0 aliphatic rings. The molecule has 120 valence electrons. The van der Waals surface area contributed by atoms with Crippen LogP contribution in [0, 0.1) is 5.82 Å². The summed E-state index contributed by atoms with van der Waals surface area (Å²) in [6.45, 7) is 0.106. The lowest BCUT2D eigenvalue weighted by Crippen LogP contribution is -2.22. The zero-order chi connectivity index (χ0) is 16.8. The van der Waals surface area contributed by atoms with E-state index in [1.54, 1.807) is 12.1 Å². The molecule has 0 spiro atoms. The van der Waals surface area contributed by atoms with Gasteiger partial charge in [-0.25, -0.2) is 4.39 Å². The topological polar surface area (TPSA) is 41.1 Å². The second-order valence-corrected chi connectivity index (χ2v) is 5.32. The Bertz CT molecular complexity index is 817. The molecule has 0 bridgehead atoms. The summed E-state index contributed by atoms with van der Waals surface area (Å²) in [5.74, 6) is -0.468. The van der Waals surface area contributed by atoms with E-state index in [-0.39, 0.29) is 18.3 Å². The predicted octanol–water partition coefficient (Wildman–Crippen LogP) is 4.54. The van der Waals surface area contributed by atoms with E-state index in [1.807, 2.05) is 54.6 Å². The van der Waals surface area contributed by atoms with E-state index in [0.29, 0.717) is 5.69 Å². The number of benzene rings is 3. The minimum absolute atomic E-state index is 0.106. The van der Waals surface area contributed by atoms with E-state index in [1.165, 1.54) is 12.1 Å². The van der Waals surface area contributed by atoms with Crippen molar-refractivity contribution >= 4 is 17.3 Å². The fourth-order valence-corrected chi connectivity index (χ4v) is 2.41. The molecule has 0 atom stereocenters. The molecule has 3 nitrogen and oxygen atoms in total. The molecule has 0 aliphatic carbocycles. The molecular formula is C20H17FN2O. The maximum absolute atomic E-state index is 12.9. The van der Waals surface area contributed by atoms with Crippen LogP contribution in [0.3, 0.4) is 0 Å². The van der Waals surface area contributed by atoms with Crippen LogP contribution < -0.4 is 10.6 Å². The van der Waals surface area contributed by atoms with Gasteiger partial charge in [-0.15, -0.1) is 0 Å². The van der Waals surface area contributed by atoms with Crippen LogP contribution in [0.15, 0.2) is 78.9 Å². The van der Waals surface area contributed by atoms with Gasteiger partial charge in [0.05, 0.1) is 6.54 Å². The van der Waals surface area contributed by atoms with E-state index >= 15 is 0 Å². The number of halogens is 1. The highest BCUT2D eigenvalue weighted by molar-refractivity contribution is 5.97. The fraction of sp³-hybridized carbons (Fsp3) is 0.0500. The van der Waals surface area contributed by atoms with Crippen molar-refractivity contribution in [1.82, 2.24) is 0 Å². The van der Waals surface area contributed by atoms with Gasteiger partial charge in [0, 0.05) is 16.9 Å². The highest BCUT2D eigenvalue weighted by Gasteiger charge is 2.08. The summed E-state index contributed by atoms with van der Waals surface area (Å²) in [6.07, 6.45) is 0. The van der Waals surface area contributed by atoms with Crippen molar-refractivity contribution in [2.45, 2.75) is 0 Å². The zero-order valence-corrected chi connectivity index (χ0v) is 13.0. The molecule has 3 rings (SSSR count). The number of hydrogen-bond donors (Lipinski definition) is 2. The molecule has 4 heteroatoms. The summed E-state index contributed by atoms with van der Waals surface area (Å²) >= 11 is 0. The Morgan fingerprint density at radius 2 is 1.50 bits per heavy atom. The number of nitrogens with one attached hydrogen (secondary N) is 2. The van der Waals surface area contributed by atoms with Crippen molar-refractivity contribution in [3.63, 3.8) is 0 Å². The van der Waals surface area contributed by atoms with Crippen LogP contribution in [-0.2, 0) is 4.79 Å². The van der Waals surface area contributed by atoms with Crippen LogP contribution in [0.4, 0.5) is 15.8 Å². The lowest BCUT2D eigenvalue weighted by Gasteiger charge is -2.12. The van der Waals surface area contributed by atoms with Crippen molar-refractivity contribution in [2.75, 3.05) is 17.2 Å². The zero-order valence-electron chi connectivity index (χ0n) is 13.0. The Kier molecular flexibility index (Phi) is 4.87. The molecule has 0 saturated heterocycles. The van der Waals surface area contributed by atoms with Gasteiger partial charge in [-0.2, -0.15) is 0 Å². The second-order valence-electron chi connectivity index (χ2n) is 5.32. The van der Waals surface area contributed by atoms with E-state index in [0.717, 1.165) is 16.8 Å². The summed E-state index contributed by atoms with van der Waals surface area (Å²) in [5.41, 5.74) is 3.46. The molecule has 0 saturated carbocycles.